The van der Waals surface area contributed by atoms with Gasteiger partial charge in [-0.25, -0.2) is 0 Å². The van der Waals surface area contributed by atoms with E-state index in [2.05, 4.69) is 0 Å². The second-order valence-electron chi connectivity index (χ2n) is 0.519. The van der Waals surface area contributed by atoms with Crippen molar-refractivity contribution in [3.05, 3.63) is 0 Å². The van der Waals surface area contributed by atoms with Crippen molar-refractivity contribution in [1.29, 1.82) is 0 Å². The molecule has 0 spiro atoms. The van der Waals surface area contributed by atoms with Crippen LogP contribution >= 0.6 is 0 Å². The van der Waals surface area contributed by atoms with E-state index in [1.165, 1.54) is 0 Å². The fourth-order valence-corrected chi connectivity index (χ4v) is 0. The van der Waals surface area contributed by atoms with E-state index in [9.17, 15) is 0 Å². The van der Waals surface area contributed by atoms with Gasteiger partial charge < -0.3 is 5.11 Å². The molecule has 0 unspecified atom stereocenters. The van der Waals surface area contributed by atoms with Crippen molar-refractivity contribution in [3.63, 3.8) is 0 Å². The standard InChI is InChI=1S/C2H4O2.2CH4.Y/c1-2(3)4;;;/h1H3,(H,3,4);2*1H4;. The zero-order valence-electron chi connectivity index (χ0n) is 2.93. The molecule has 0 saturated carbocycles. The molecule has 0 heterocycles. The predicted molar refractivity (Wildman–Crippen MR) is 26.8 cm³/mol. The van der Waals surface area contributed by atoms with Crippen molar-refractivity contribution in [1.82, 2.24) is 0 Å². The molecule has 0 aromatic carbocycles. The number of hydrogen-bond donors (Lipinski definition) is 1. The van der Waals surface area contributed by atoms with E-state index >= 15 is 0 Å². The van der Waals surface area contributed by atoms with Crippen LogP contribution in [-0.4, -0.2) is 11.1 Å². The second-order valence-corrected chi connectivity index (χ2v) is 0.519. The van der Waals surface area contributed by atoms with E-state index in [0.29, 0.717) is 0 Å². The summed E-state index contributed by atoms with van der Waals surface area (Å²) in [5.41, 5.74) is 0. The number of aliphatic carboxylic acids is 1. The van der Waals surface area contributed by atoms with E-state index in [4.69, 9.17) is 9.90 Å². The van der Waals surface area contributed by atoms with Crippen LogP contribution in [0.1, 0.15) is 21.8 Å². The minimum absolute atomic E-state index is 0. The molecule has 0 fully saturated rings. The minimum atomic E-state index is -0.833. The van der Waals surface area contributed by atoms with Crippen LogP contribution < -0.4 is 0 Å². The van der Waals surface area contributed by atoms with E-state index in [1.807, 2.05) is 0 Å². The Morgan fingerprint density at radius 2 is 1.43 bits per heavy atom. The number of hydrogen-bond acceptors (Lipinski definition) is 1. The smallest absolute Gasteiger partial charge is 0.300 e. The molecule has 3 heteroatoms. The molecule has 0 saturated heterocycles. The molecule has 2 nitrogen and oxygen atoms in total. The number of carboxylic acid groups (broad SMARTS) is 1. The van der Waals surface area contributed by atoms with E-state index < -0.39 is 5.97 Å². The maximum Gasteiger partial charge on any atom is 0.300 e. The van der Waals surface area contributed by atoms with Gasteiger partial charge in [-0.05, 0) is 0 Å². The zero-order chi connectivity index (χ0) is 3.58. The molecule has 0 aliphatic rings. The van der Waals surface area contributed by atoms with Crippen LogP contribution in [0.25, 0.3) is 0 Å². The second kappa shape index (κ2) is 16.0. The summed E-state index contributed by atoms with van der Waals surface area (Å²) in [5, 5.41) is 7.42. The Kier molecular flexibility index (Phi) is 58.5. The molecule has 0 amide bonds. The van der Waals surface area contributed by atoms with Crippen molar-refractivity contribution in [2.45, 2.75) is 21.8 Å². The van der Waals surface area contributed by atoms with Gasteiger partial charge in [0.2, 0.25) is 0 Å². The molecular weight excluding hydrogens is 169 g/mol. The van der Waals surface area contributed by atoms with Crippen molar-refractivity contribution >= 4 is 5.97 Å². The largest absolute Gasteiger partial charge is 0.481 e. The fraction of sp³-hybridized carbons (Fsp3) is 0.750. The van der Waals surface area contributed by atoms with E-state index in [0.717, 1.165) is 6.92 Å². The van der Waals surface area contributed by atoms with E-state index in [-0.39, 0.29) is 47.6 Å². The van der Waals surface area contributed by atoms with Crippen LogP contribution in [0.15, 0.2) is 0 Å². The molecule has 43 valence electrons. The van der Waals surface area contributed by atoms with Gasteiger partial charge in [0.05, 0.1) is 0 Å². The molecule has 0 bridgehead atoms. The van der Waals surface area contributed by atoms with Crippen molar-refractivity contribution in [3.8, 4) is 0 Å². The molecular formula is C4H12O2Y. The molecule has 0 rings (SSSR count). The van der Waals surface area contributed by atoms with Gasteiger partial charge in [-0.3, -0.25) is 4.79 Å². The molecule has 0 aliphatic heterocycles. The Morgan fingerprint density at radius 1 is 1.43 bits per heavy atom. The first-order valence-electron chi connectivity index (χ1n) is 0.928. The summed E-state index contributed by atoms with van der Waals surface area (Å²) >= 11 is 0. The van der Waals surface area contributed by atoms with Gasteiger partial charge in [-0.2, -0.15) is 0 Å². The summed E-state index contributed by atoms with van der Waals surface area (Å²) in [6, 6.07) is 0. The normalized spacial score (nSPS) is 3.57. The monoisotopic (exact) mass is 181 g/mol. The maximum atomic E-state index is 9.00. The summed E-state index contributed by atoms with van der Waals surface area (Å²) < 4.78 is 0. The van der Waals surface area contributed by atoms with Gasteiger partial charge in [0.25, 0.3) is 5.97 Å². The van der Waals surface area contributed by atoms with Gasteiger partial charge in [0.1, 0.15) is 0 Å². The fourth-order valence-electron chi connectivity index (χ4n) is 0. The zero-order valence-corrected chi connectivity index (χ0v) is 5.77. The summed E-state index contributed by atoms with van der Waals surface area (Å²) in [7, 11) is 0. The Bertz CT molecular complexity index is 32.7. The molecule has 1 N–H and O–H groups in total. The third-order valence-electron chi connectivity index (χ3n) is 0. The number of rotatable bonds is 0. The van der Waals surface area contributed by atoms with Gasteiger partial charge in [0.15, 0.2) is 0 Å². The third kappa shape index (κ3) is 418. The van der Waals surface area contributed by atoms with Crippen LogP contribution in [0.4, 0.5) is 0 Å². The van der Waals surface area contributed by atoms with Crippen LogP contribution in [0, 0.1) is 0 Å². The van der Waals surface area contributed by atoms with Gasteiger partial charge in [-0.1, -0.05) is 14.9 Å². The SMILES string of the molecule is C.C.CC(=O)O.[Y]. The molecule has 0 aliphatic carbocycles. The molecule has 7 heavy (non-hydrogen) atoms. The van der Waals surface area contributed by atoms with Crippen molar-refractivity contribution < 1.29 is 42.6 Å². The first-order chi connectivity index (χ1) is 1.73. The van der Waals surface area contributed by atoms with Gasteiger partial charge in [0, 0.05) is 39.6 Å². The summed E-state index contributed by atoms with van der Waals surface area (Å²) in [5.74, 6) is -0.833. The molecule has 0 aromatic rings. The Balaban J connectivity index is -0.0000000150. The maximum absolute atomic E-state index is 9.00. The summed E-state index contributed by atoms with van der Waals surface area (Å²) in [4.78, 5) is 9.00. The number of carboxylic acids is 1. The van der Waals surface area contributed by atoms with Crippen molar-refractivity contribution in [2.24, 2.45) is 0 Å². The quantitative estimate of drug-likeness (QED) is 0.612. The average molecular weight is 181 g/mol. The first-order valence-corrected chi connectivity index (χ1v) is 0.928. The van der Waals surface area contributed by atoms with Crippen LogP contribution in [-0.2, 0) is 37.5 Å². The van der Waals surface area contributed by atoms with Crippen LogP contribution in [0.2, 0.25) is 0 Å². The predicted octanol–water partition coefficient (Wildman–Crippen LogP) is 1.36. The van der Waals surface area contributed by atoms with Gasteiger partial charge in [-0.15, -0.1) is 0 Å². The molecule has 0 atom stereocenters. The minimum Gasteiger partial charge on any atom is -0.481 e. The van der Waals surface area contributed by atoms with Gasteiger partial charge >= 0.3 is 0 Å². The van der Waals surface area contributed by atoms with Crippen molar-refractivity contribution in [2.75, 3.05) is 0 Å². The van der Waals surface area contributed by atoms with E-state index in [1.54, 1.807) is 0 Å². The number of carbonyl (C=O) groups is 1. The molecule has 1 radical (unpaired) electrons. The topological polar surface area (TPSA) is 37.3 Å². The van der Waals surface area contributed by atoms with Crippen LogP contribution in [0.3, 0.4) is 0 Å². The summed E-state index contributed by atoms with van der Waals surface area (Å²) in [6.45, 7) is 1.08. The Labute approximate surface area is 70.2 Å². The molecule has 0 aromatic heterocycles. The average Bonchev–Trinajstić information content (AvgIpc) is 0.811. The Hall–Kier alpha value is 0.574. The summed E-state index contributed by atoms with van der Waals surface area (Å²) in [6.07, 6.45) is 0. The van der Waals surface area contributed by atoms with Crippen LogP contribution in [0.5, 0.6) is 0 Å². The Morgan fingerprint density at radius 3 is 1.43 bits per heavy atom. The third-order valence-corrected chi connectivity index (χ3v) is 0. The first kappa shape index (κ1) is 25.6.